The van der Waals surface area contributed by atoms with Crippen LogP contribution in [-0.2, 0) is 4.79 Å². The van der Waals surface area contributed by atoms with E-state index in [0.29, 0.717) is 28.8 Å². The molecule has 0 aliphatic carbocycles. The standard InChI is InChI=1S/C12H13ClN4O3S/c1-2-11(18)14-15-12-16(5-6-21-12)9-4-3-8(13)7-10(9)17(19)20/h3-4,7H,2,5-6H2,1H3,(H,14,18). The monoisotopic (exact) mass is 328 g/mol. The van der Waals surface area contributed by atoms with Gasteiger partial charge in [-0.3, -0.25) is 14.9 Å². The van der Waals surface area contributed by atoms with Crippen LogP contribution in [0.5, 0.6) is 0 Å². The van der Waals surface area contributed by atoms with Gasteiger partial charge in [0.1, 0.15) is 5.69 Å². The fraction of sp³-hybridized carbons (Fsp3) is 0.333. The Balaban J connectivity index is 2.32. The van der Waals surface area contributed by atoms with E-state index in [1.165, 1.54) is 17.8 Å². The Labute approximate surface area is 130 Å². The molecule has 7 nitrogen and oxygen atoms in total. The molecule has 1 heterocycles. The van der Waals surface area contributed by atoms with Gasteiger partial charge in [-0.25, -0.2) is 5.43 Å². The summed E-state index contributed by atoms with van der Waals surface area (Å²) in [5.74, 6) is 0.529. The SMILES string of the molecule is CCC(=O)NN=C1SCCN1c1ccc(Cl)cc1[N+](=O)[O-]. The molecule has 1 aliphatic rings. The van der Waals surface area contributed by atoms with E-state index in [2.05, 4.69) is 10.5 Å². The topological polar surface area (TPSA) is 87.8 Å². The number of carbonyl (C=O) groups excluding carboxylic acids is 1. The maximum absolute atomic E-state index is 11.3. The number of hydrogen-bond acceptors (Lipinski definition) is 5. The van der Waals surface area contributed by atoms with Gasteiger partial charge in [-0.15, -0.1) is 5.10 Å². The molecule has 0 radical (unpaired) electrons. The van der Waals surface area contributed by atoms with Crippen LogP contribution in [0.1, 0.15) is 13.3 Å². The van der Waals surface area contributed by atoms with Crippen molar-refractivity contribution >= 4 is 45.8 Å². The van der Waals surface area contributed by atoms with Gasteiger partial charge in [0.15, 0.2) is 5.17 Å². The summed E-state index contributed by atoms with van der Waals surface area (Å²) in [5, 5.41) is 16.0. The highest BCUT2D eigenvalue weighted by atomic mass is 35.5. The van der Waals surface area contributed by atoms with Gasteiger partial charge >= 0.3 is 0 Å². The minimum atomic E-state index is -0.480. The molecule has 1 saturated heterocycles. The van der Waals surface area contributed by atoms with Gasteiger partial charge < -0.3 is 4.90 Å². The Morgan fingerprint density at radius 1 is 1.62 bits per heavy atom. The number of amidine groups is 1. The average Bonchev–Trinajstić information content (AvgIpc) is 2.92. The van der Waals surface area contributed by atoms with Crippen molar-refractivity contribution in [2.75, 3.05) is 17.2 Å². The quantitative estimate of drug-likeness (QED) is 0.678. The first-order valence-corrected chi connectivity index (χ1v) is 7.60. The molecule has 1 amide bonds. The third kappa shape index (κ3) is 3.64. The largest absolute Gasteiger partial charge is 0.313 e. The van der Waals surface area contributed by atoms with E-state index in [1.807, 2.05) is 0 Å². The fourth-order valence-electron chi connectivity index (χ4n) is 1.78. The molecule has 0 bridgehead atoms. The molecule has 1 aromatic rings. The van der Waals surface area contributed by atoms with Crippen LogP contribution in [-0.4, -0.2) is 28.3 Å². The lowest BCUT2D eigenvalue weighted by atomic mass is 10.2. The molecule has 0 unspecified atom stereocenters. The first-order chi connectivity index (χ1) is 10.0. The molecule has 0 spiro atoms. The van der Waals surface area contributed by atoms with Gasteiger partial charge in [-0.2, -0.15) is 0 Å². The number of hydrogen-bond donors (Lipinski definition) is 1. The van der Waals surface area contributed by atoms with Crippen molar-refractivity contribution in [1.82, 2.24) is 5.43 Å². The zero-order valence-electron chi connectivity index (χ0n) is 11.2. The summed E-state index contributed by atoms with van der Waals surface area (Å²) in [7, 11) is 0. The van der Waals surface area contributed by atoms with E-state index in [0.717, 1.165) is 5.75 Å². The summed E-state index contributed by atoms with van der Waals surface area (Å²) >= 11 is 7.24. The Morgan fingerprint density at radius 2 is 2.38 bits per heavy atom. The predicted octanol–water partition coefficient (Wildman–Crippen LogP) is 2.60. The number of amides is 1. The first kappa shape index (κ1) is 15.6. The van der Waals surface area contributed by atoms with Crippen molar-refractivity contribution in [2.45, 2.75) is 13.3 Å². The van der Waals surface area contributed by atoms with Gasteiger partial charge in [-0.05, 0) is 12.1 Å². The molecule has 1 N–H and O–H groups in total. The minimum absolute atomic E-state index is 0.0838. The number of hydrazone groups is 1. The lowest BCUT2D eigenvalue weighted by molar-refractivity contribution is -0.384. The maximum Gasteiger partial charge on any atom is 0.294 e. The predicted molar refractivity (Wildman–Crippen MR) is 83.8 cm³/mol. The molecule has 2 rings (SSSR count). The summed E-state index contributed by atoms with van der Waals surface area (Å²) in [5.41, 5.74) is 2.76. The molecular weight excluding hydrogens is 316 g/mol. The van der Waals surface area contributed by atoms with Crippen LogP contribution in [0.2, 0.25) is 5.02 Å². The lowest BCUT2D eigenvalue weighted by Crippen LogP contribution is -2.28. The number of benzene rings is 1. The van der Waals surface area contributed by atoms with Gasteiger partial charge in [-0.1, -0.05) is 30.3 Å². The third-order valence-corrected chi connectivity index (χ3v) is 3.99. The second-order valence-electron chi connectivity index (χ2n) is 4.17. The number of nitro groups is 1. The number of carbonyl (C=O) groups is 1. The molecule has 112 valence electrons. The van der Waals surface area contributed by atoms with E-state index in [-0.39, 0.29) is 11.6 Å². The smallest absolute Gasteiger partial charge is 0.294 e. The van der Waals surface area contributed by atoms with Crippen molar-refractivity contribution in [1.29, 1.82) is 0 Å². The van der Waals surface area contributed by atoms with Crippen LogP contribution in [0.4, 0.5) is 11.4 Å². The first-order valence-electron chi connectivity index (χ1n) is 6.23. The number of rotatable bonds is 4. The summed E-state index contributed by atoms with van der Waals surface area (Å²) in [6.07, 6.45) is 0.322. The van der Waals surface area contributed by atoms with E-state index in [4.69, 9.17) is 11.6 Å². The number of anilines is 1. The highest BCUT2D eigenvalue weighted by Crippen LogP contribution is 2.35. The molecule has 21 heavy (non-hydrogen) atoms. The highest BCUT2D eigenvalue weighted by Gasteiger charge is 2.28. The highest BCUT2D eigenvalue weighted by molar-refractivity contribution is 8.14. The molecular formula is C12H13ClN4O3S. The van der Waals surface area contributed by atoms with Crippen molar-refractivity contribution in [2.24, 2.45) is 5.10 Å². The summed E-state index contributed by atoms with van der Waals surface area (Å²) in [6, 6.07) is 4.49. The van der Waals surface area contributed by atoms with E-state index >= 15 is 0 Å². The van der Waals surface area contributed by atoms with Crippen LogP contribution in [0.25, 0.3) is 0 Å². The molecule has 1 fully saturated rings. The van der Waals surface area contributed by atoms with E-state index in [9.17, 15) is 14.9 Å². The molecule has 0 atom stereocenters. The number of nitrogens with zero attached hydrogens (tertiary/aromatic N) is 3. The van der Waals surface area contributed by atoms with Gasteiger partial charge in [0, 0.05) is 29.8 Å². The third-order valence-electron chi connectivity index (χ3n) is 2.80. The average molecular weight is 329 g/mol. The number of nitrogens with one attached hydrogen (secondary N) is 1. The zero-order chi connectivity index (χ0) is 15.4. The molecule has 1 aromatic carbocycles. The van der Waals surface area contributed by atoms with Gasteiger partial charge in [0.2, 0.25) is 5.91 Å². The minimum Gasteiger partial charge on any atom is -0.313 e. The van der Waals surface area contributed by atoms with Crippen LogP contribution in [0.3, 0.4) is 0 Å². The zero-order valence-corrected chi connectivity index (χ0v) is 12.8. The van der Waals surface area contributed by atoms with Crippen LogP contribution in [0.15, 0.2) is 23.3 Å². The van der Waals surface area contributed by atoms with Crippen molar-refractivity contribution in [3.8, 4) is 0 Å². The number of halogens is 1. The number of thioether (sulfide) groups is 1. The molecule has 0 aromatic heterocycles. The Bertz CT molecular complexity index is 608. The molecule has 1 aliphatic heterocycles. The molecule has 0 saturated carbocycles. The second kappa shape index (κ2) is 6.77. The van der Waals surface area contributed by atoms with Crippen molar-refractivity contribution in [3.63, 3.8) is 0 Å². The van der Waals surface area contributed by atoms with Crippen LogP contribution in [0, 0.1) is 10.1 Å². The van der Waals surface area contributed by atoms with Gasteiger partial charge in [0.05, 0.1) is 4.92 Å². The van der Waals surface area contributed by atoms with E-state index in [1.54, 1.807) is 24.0 Å². The lowest BCUT2D eigenvalue weighted by Gasteiger charge is -2.17. The Morgan fingerprint density at radius 3 is 3.05 bits per heavy atom. The Hall–Kier alpha value is -1.80. The van der Waals surface area contributed by atoms with E-state index < -0.39 is 4.92 Å². The molecule has 9 heteroatoms. The van der Waals surface area contributed by atoms with Crippen LogP contribution < -0.4 is 10.3 Å². The second-order valence-corrected chi connectivity index (χ2v) is 5.67. The van der Waals surface area contributed by atoms with Crippen molar-refractivity contribution < 1.29 is 9.72 Å². The van der Waals surface area contributed by atoms with Gasteiger partial charge in [0.25, 0.3) is 5.69 Å². The summed E-state index contributed by atoms with van der Waals surface area (Å²) in [6.45, 7) is 2.30. The summed E-state index contributed by atoms with van der Waals surface area (Å²) in [4.78, 5) is 23.6. The van der Waals surface area contributed by atoms with Crippen LogP contribution >= 0.6 is 23.4 Å². The normalized spacial score (nSPS) is 16.3. The number of nitro benzene ring substituents is 1. The maximum atomic E-state index is 11.3. The fourth-order valence-corrected chi connectivity index (χ4v) is 2.86. The Kier molecular flexibility index (Phi) is 5.03. The summed E-state index contributed by atoms with van der Waals surface area (Å²) < 4.78 is 0. The van der Waals surface area contributed by atoms with Crippen molar-refractivity contribution in [3.05, 3.63) is 33.3 Å².